The van der Waals surface area contributed by atoms with Crippen LogP contribution >= 0.6 is 11.6 Å². The molecule has 0 fully saturated rings. The van der Waals surface area contributed by atoms with Crippen LogP contribution in [0.4, 0.5) is 24.5 Å². The molecule has 1 aliphatic rings. The minimum atomic E-state index is -4.58. The first-order valence-corrected chi connectivity index (χ1v) is 10.2. The van der Waals surface area contributed by atoms with E-state index in [1.807, 2.05) is 6.07 Å². The lowest BCUT2D eigenvalue weighted by atomic mass is 10.0. The molecule has 4 nitrogen and oxygen atoms in total. The summed E-state index contributed by atoms with van der Waals surface area (Å²) in [4.78, 5) is 29.4. The van der Waals surface area contributed by atoms with E-state index in [-0.39, 0.29) is 18.0 Å². The summed E-state index contributed by atoms with van der Waals surface area (Å²) in [5.74, 6) is -1.02. The van der Waals surface area contributed by atoms with Crippen molar-refractivity contribution in [2.24, 2.45) is 0 Å². The van der Waals surface area contributed by atoms with Gasteiger partial charge in [0.25, 0.3) is 5.91 Å². The summed E-state index contributed by atoms with van der Waals surface area (Å²) in [5, 5.41) is 0.537. The predicted molar refractivity (Wildman–Crippen MR) is 117 cm³/mol. The molecule has 0 aromatic heterocycles. The molecule has 0 unspecified atom stereocenters. The zero-order valence-electron chi connectivity index (χ0n) is 16.9. The fourth-order valence-corrected chi connectivity index (χ4v) is 4.01. The monoisotopic (exact) mass is 458 g/mol. The van der Waals surface area contributed by atoms with Crippen molar-refractivity contribution in [1.29, 1.82) is 0 Å². The van der Waals surface area contributed by atoms with Crippen LogP contribution in [0.15, 0.2) is 72.8 Å². The number of nitrogens with zero attached hydrogens (tertiary/aromatic N) is 2. The van der Waals surface area contributed by atoms with Gasteiger partial charge in [-0.05, 0) is 55.0 Å². The molecule has 0 aliphatic carbocycles. The van der Waals surface area contributed by atoms with Crippen molar-refractivity contribution in [3.63, 3.8) is 0 Å². The number of halogens is 4. The second-order valence-corrected chi connectivity index (χ2v) is 7.91. The molecule has 1 heterocycles. The molecule has 32 heavy (non-hydrogen) atoms. The topological polar surface area (TPSA) is 40.6 Å². The van der Waals surface area contributed by atoms with Gasteiger partial charge < -0.3 is 4.90 Å². The van der Waals surface area contributed by atoms with Gasteiger partial charge in [0, 0.05) is 10.6 Å². The maximum atomic E-state index is 13.3. The van der Waals surface area contributed by atoms with Gasteiger partial charge in [-0.3, -0.25) is 14.5 Å². The number of alkyl halides is 3. The van der Waals surface area contributed by atoms with Gasteiger partial charge in [0.2, 0.25) is 5.91 Å². The third-order valence-corrected chi connectivity index (χ3v) is 5.56. The zero-order valence-corrected chi connectivity index (χ0v) is 17.7. The average molecular weight is 459 g/mol. The highest BCUT2D eigenvalue weighted by molar-refractivity contribution is 6.30. The number of hydrogen-bond donors (Lipinski definition) is 0. The van der Waals surface area contributed by atoms with Crippen molar-refractivity contribution >= 4 is 34.8 Å². The van der Waals surface area contributed by atoms with Crippen LogP contribution in [0, 0.1) is 0 Å². The highest BCUT2D eigenvalue weighted by Gasteiger charge is 2.39. The lowest BCUT2D eigenvalue weighted by molar-refractivity contribution is -0.137. The molecule has 3 aromatic carbocycles. The van der Waals surface area contributed by atoms with Crippen LogP contribution in [-0.2, 0) is 17.5 Å². The van der Waals surface area contributed by atoms with E-state index in [1.54, 1.807) is 54.3 Å². The molecule has 3 aromatic rings. The maximum Gasteiger partial charge on any atom is 0.416 e. The lowest BCUT2D eigenvalue weighted by Crippen LogP contribution is -2.54. The highest BCUT2D eigenvalue weighted by Crippen LogP contribution is 2.38. The quantitative estimate of drug-likeness (QED) is 0.487. The van der Waals surface area contributed by atoms with E-state index in [0.717, 1.165) is 17.7 Å². The van der Waals surface area contributed by atoms with Crippen molar-refractivity contribution in [3.8, 4) is 0 Å². The van der Waals surface area contributed by atoms with Gasteiger partial charge in [-0.25, -0.2) is 0 Å². The van der Waals surface area contributed by atoms with Crippen molar-refractivity contribution in [2.75, 3.05) is 9.80 Å². The Bertz CT molecular complexity index is 1200. The van der Waals surface area contributed by atoms with Crippen LogP contribution in [0.1, 0.15) is 28.4 Å². The number of carbonyl (C=O) groups excluding carboxylic acids is 2. The van der Waals surface area contributed by atoms with Gasteiger partial charge in [0.05, 0.1) is 23.5 Å². The standard InChI is InChI=1S/C24H18ClF3N2O2/c1-15-22(31)29(14-16-6-4-9-19(25)12-16)20-10-2-3-11-21(20)30(15)23(32)17-7-5-8-18(13-17)24(26,27)28/h2-13,15H,14H2,1H3/t15-/m1/s1. The van der Waals surface area contributed by atoms with E-state index in [1.165, 1.54) is 17.0 Å². The summed E-state index contributed by atoms with van der Waals surface area (Å²) in [6.07, 6.45) is -4.58. The molecule has 0 spiro atoms. The number of rotatable bonds is 3. The third kappa shape index (κ3) is 4.08. The normalized spacial score (nSPS) is 16.2. The van der Waals surface area contributed by atoms with Crippen LogP contribution in [0.5, 0.6) is 0 Å². The van der Waals surface area contributed by atoms with Crippen LogP contribution in [0.2, 0.25) is 5.02 Å². The first-order valence-electron chi connectivity index (χ1n) is 9.82. The van der Waals surface area contributed by atoms with Crippen molar-refractivity contribution in [3.05, 3.63) is 94.5 Å². The second-order valence-electron chi connectivity index (χ2n) is 7.47. The van der Waals surface area contributed by atoms with Crippen LogP contribution in [-0.4, -0.2) is 17.9 Å². The highest BCUT2D eigenvalue weighted by atomic mass is 35.5. The summed E-state index contributed by atoms with van der Waals surface area (Å²) in [6, 6.07) is 17.2. The van der Waals surface area contributed by atoms with E-state index in [9.17, 15) is 22.8 Å². The molecule has 164 valence electrons. The minimum absolute atomic E-state index is 0.141. The van der Waals surface area contributed by atoms with Crippen molar-refractivity contribution in [2.45, 2.75) is 25.7 Å². The van der Waals surface area contributed by atoms with Gasteiger partial charge in [-0.1, -0.05) is 41.9 Å². The van der Waals surface area contributed by atoms with Gasteiger partial charge in [0.15, 0.2) is 0 Å². The predicted octanol–water partition coefficient (Wildman–Crippen LogP) is 5.94. The van der Waals surface area contributed by atoms with Crippen molar-refractivity contribution < 1.29 is 22.8 Å². The van der Waals surface area contributed by atoms with Gasteiger partial charge >= 0.3 is 6.18 Å². The number of amides is 2. The third-order valence-electron chi connectivity index (χ3n) is 5.33. The van der Waals surface area contributed by atoms with Crippen LogP contribution < -0.4 is 9.80 Å². The molecular weight excluding hydrogens is 441 g/mol. The van der Waals surface area contributed by atoms with E-state index in [2.05, 4.69) is 0 Å². The Hall–Kier alpha value is -3.32. The number of fused-ring (bicyclic) bond motifs is 1. The Morgan fingerprint density at radius 1 is 0.969 bits per heavy atom. The largest absolute Gasteiger partial charge is 0.416 e. The number of carbonyl (C=O) groups is 2. The first-order chi connectivity index (χ1) is 15.2. The van der Waals surface area contributed by atoms with Gasteiger partial charge in [-0.2, -0.15) is 13.2 Å². The van der Waals surface area contributed by atoms with Crippen LogP contribution in [0.3, 0.4) is 0 Å². The first kappa shape index (κ1) is 21.9. The number of anilines is 2. The number of hydrogen-bond acceptors (Lipinski definition) is 2. The molecular formula is C24H18ClF3N2O2. The molecule has 2 amide bonds. The molecule has 0 saturated carbocycles. The average Bonchev–Trinajstić information content (AvgIpc) is 2.76. The maximum absolute atomic E-state index is 13.3. The Labute approximate surface area is 187 Å². The Morgan fingerprint density at radius 3 is 2.34 bits per heavy atom. The van der Waals surface area contributed by atoms with E-state index < -0.39 is 23.7 Å². The van der Waals surface area contributed by atoms with Gasteiger partial charge in [0.1, 0.15) is 6.04 Å². The molecule has 1 aliphatic heterocycles. The molecule has 0 N–H and O–H groups in total. The molecule has 0 saturated heterocycles. The summed E-state index contributed by atoms with van der Waals surface area (Å²) in [6.45, 7) is 1.81. The lowest BCUT2D eigenvalue weighted by Gasteiger charge is -2.40. The van der Waals surface area contributed by atoms with Crippen LogP contribution in [0.25, 0.3) is 0 Å². The molecule has 1 atom stereocenters. The smallest absolute Gasteiger partial charge is 0.304 e. The summed E-state index contributed by atoms with van der Waals surface area (Å²) in [5.41, 5.74) is 0.693. The fourth-order valence-electron chi connectivity index (χ4n) is 3.79. The summed E-state index contributed by atoms with van der Waals surface area (Å²) in [7, 11) is 0. The second kappa shape index (κ2) is 8.31. The summed E-state index contributed by atoms with van der Waals surface area (Å²) >= 11 is 6.07. The van der Waals surface area contributed by atoms with E-state index in [0.29, 0.717) is 16.4 Å². The molecule has 8 heteroatoms. The van der Waals surface area contributed by atoms with E-state index >= 15 is 0 Å². The SMILES string of the molecule is C[C@@H]1C(=O)N(Cc2cccc(Cl)c2)c2ccccc2N1C(=O)c1cccc(C(F)(F)F)c1. The Balaban J connectivity index is 1.74. The molecule has 4 rings (SSSR count). The molecule has 0 radical (unpaired) electrons. The van der Waals surface area contributed by atoms with Crippen molar-refractivity contribution in [1.82, 2.24) is 0 Å². The number of para-hydroxylation sites is 2. The fraction of sp³-hybridized carbons (Fsp3) is 0.167. The van der Waals surface area contributed by atoms with Gasteiger partial charge in [-0.15, -0.1) is 0 Å². The zero-order chi connectivity index (χ0) is 23.0. The number of benzene rings is 3. The Morgan fingerprint density at radius 2 is 1.66 bits per heavy atom. The molecule has 0 bridgehead atoms. The van der Waals surface area contributed by atoms with E-state index in [4.69, 9.17) is 11.6 Å². The minimum Gasteiger partial charge on any atom is -0.304 e. The summed E-state index contributed by atoms with van der Waals surface area (Å²) < 4.78 is 39.4. The Kier molecular flexibility index (Phi) is 5.69.